The van der Waals surface area contributed by atoms with E-state index in [-0.39, 0.29) is 11.9 Å². The molecule has 15 heavy (non-hydrogen) atoms. The molecule has 0 saturated carbocycles. The Kier molecular flexibility index (Phi) is 9.24. The summed E-state index contributed by atoms with van der Waals surface area (Å²) in [5, 5.41) is 0. The van der Waals surface area contributed by atoms with Crippen molar-refractivity contribution in [1.29, 1.82) is 0 Å². The van der Waals surface area contributed by atoms with Gasteiger partial charge in [-0.3, -0.25) is 4.89 Å². The van der Waals surface area contributed by atoms with Crippen molar-refractivity contribution in [3.05, 3.63) is 12.7 Å². The number of carbonyl (C=O) groups excluding carboxylic acids is 1. The van der Waals surface area contributed by atoms with Gasteiger partial charge in [-0.25, -0.2) is 4.79 Å². The van der Waals surface area contributed by atoms with Crippen molar-refractivity contribution in [3.8, 4) is 0 Å². The summed E-state index contributed by atoms with van der Waals surface area (Å²) in [7, 11) is -3.75. The summed E-state index contributed by atoms with van der Waals surface area (Å²) in [5.74, 6) is -1.07. The summed E-state index contributed by atoms with van der Waals surface area (Å²) in [5.41, 5.74) is 0. The van der Waals surface area contributed by atoms with Crippen molar-refractivity contribution in [3.63, 3.8) is 0 Å². The summed E-state index contributed by atoms with van der Waals surface area (Å²) in [6.07, 6.45) is 3.01. The number of carbonyl (C=O) groups is 1. The van der Waals surface area contributed by atoms with Crippen molar-refractivity contribution in [2.45, 2.75) is 26.2 Å². The van der Waals surface area contributed by atoms with Crippen LogP contribution in [0.25, 0.3) is 0 Å². The molecule has 0 heterocycles. The van der Waals surface area contributed by atoms with Gasteiger partial charge >= 0.3 is 16.1 Å². The fourth-order valence-corrected chi connectivity index (χ4v) is 1.48. The maximum Gasteiger partial charge on any atom is 0.366 e. The van der Waals surface area contributed by atoms with Crippen LogP contribution >= 0.6 is 0 Å². The van der Waals surface area contributed by atoms with E-state index in [4.69, 9.17) is 0 Å². The lowest BCUT2D eigenvalue weighted by atomic mass is 10.3. The van der Waals surface area contributed by atoms with Crippen LogP contribution in [0, 0.1) is 0 Å². The zero-order valence-electron chi connectivity index (χ0n) is 8.77. The van der Waals surface area contributed by atoms with Crippen LogP contribution in [-0.4, -0.2) is 20.1 Å². The molecule has 0 aromatic rings. The molecule has 0 aromatic carbocycles. The fraction of sp³-hybridized carbons (Fsp3) is 0.625. The van der Waals surface area contributed by atoms with Crippen molar-refractivity contribution in [2.24, 2.45) is 0 Å². The summed E-state index contributed by atoms with van der Waals surface area (Å²) < 4.78 is 26.0. The highest BCUT2D eigenvalue weighted by Crippen LogP contribution is 2.02. The molecule has 90 valence electrons. The van der Waals surface area contributed by atoms with Crippen LogP contribution in [0.4, 0.5) is 0 Å². The Morgan fingerprint density at radius 3 is 2.47 bits per heavy atom. The van der Waals surface area contributed by atoms with Gasteiger partial charge in [0.15, 0.2) is 0 Å². The Labute approximate surface area is 89.9 Å². The van der Waals surface area contributed by atoms with E-state index < -0.39 is 16.1 Å². The molecule has 0 bridgehead atoms. The molecule has 0 aliphatic carbocycles. The van der Waals surface area contributed by atoms with Crippen LogP contribution in [0.1, 0.15) is 26.2 Å². The number of unbranched alkanes of at least 4 members (excludes halogenated alkanes) is 2. The van der Waals surface area contributed by atoms with Crippen LogP contribution in [0.5, 0.6) is 0 Å². The Morgan fingerprint density at radius 1 is 1.40 bits per heavy atom. The lowest BCUT2D eigenvalue weighted by molar-refractivity contribution is -0.204. The van der Waals surface area contributed by atoms with E-state index in [1.54, 1.807) is 0 Å². The first-order valence-corrected chi connectivity index (χ1v) is 5.84. The Balaban J connectivity index is 0. The summed E-state index contributed by atoms with van der Waals surface area (Å²) >= 11 is 0. The summed E-state index contributed by atoms with van der Waals surface area (Å²) in [6.45, 7) is 5.04. The standard InChI is InChI=1S/C8H14O5S.H3N/c1-3-5-6-7-14(10,11)13-12-8(9)4-2;/h4H,2-3,5-7H2,1H3;1H3. The van der Waals surface area contributed by atoms with Crippen LogP contribution in [0.3, 0.4) is 0 Å². The van der Waals surface area contributed by atoms with Gasteiger partial charge in [-0.2, -0.15) is 8.42 Å². The third-order valence-corrected chi connectivity index (χ3v) is 2.45. The highest BCUT2D eigenvalue weighted by Gasteiger charge is 2.13. The minimum atomic E-state index is -3.75. The Hall–Kier alpha value is -0.920. The van der Waals surface area contributed by atoms with E-state index in [1.165, 1.54) is 0 Å². The van der Waals surface area contributed by atoms with Gasteiger partial charge in [0.2, 0.25) is 0 Å². The largest absolute Gasteiger partial charge is 0.366 e. The molecule has 0 aliphatic rings. The molecule has 0 rings (SSSR count). The quantitative estimate of drug-likeness (QED) is 0.311. The van der Waals surface area contributed by atoms with Gasteiger partial charge in [-0.15, -0.1) is 0 Å². The number of hydrogen-bond donors (Lipinski definition) is 1. The van der Waals surface area contributed by atoms with Crippen molar-refractivity contribution in [2.75, 3.05) is 5.75 Å². The molecule has 0 aromatic heterocycles. The predicted octanol–water partition coefficient (Wildman–Crippen LogP) is 1.33. The van der Waals surface area contributed by atoms with Crippen molar-refractivity contribution >= 4 is 16.1 Å². The lowest BCUT2D eigenvalue weighted by Crippen LogP contribution is -2.13. The van der Waals surface area contributed by atoms with Crippen LogP contribution in [-0.2, 0) is 24.1 Å². The third-order valence-electron chi connectivity index (χ3n) is 1.38. The van der Waals surface area contributed by atoms with E-state index in [1.807, 2.05) is 6.92 Å². The second-order valence-corrected chi connectivity index (χ2v) is 4.30. The Morgan fingerprint density at radius 2 is 2.00 bits per heavy atom. The third kappa shape index (κ3) is 9.39. The maximum absolute atomic E-state index is 11.0. The van der Waals surface area contributed by atoms with Crippen LogP contribution in [0.2, 0.25) is 0 Å². The molecule has 0 saturated heterocycles. The molecular formula is C8H17NO5S. The van der Waals surface area contributed by atoms with Gasteiger partial charge in [0.05, 0.1) is 5.75 Å². The minimum absolute atomic E-state index is 0. The summed E-state index contributed by atoms with van der Waals surface area (Å²) in [6, 6.07) is 0. The van der Waals surface area contributed by atoms with E-state index in [9.17, 15) is 13.2 Å². The van der Waals surface area contributed by atoms with Gasteiger partial charge in [-0.1, -0.05) is 30.7 Å². The SMILES string of the molecule is C=CC(=O)OOS(=O)(=O)CCCCC.N. The van der Waals surface area contributed by atoms with Gasteiger partial charge in [0, 0.05) is 6.08 Å². The molecule has 0 radical (unpaired) electrons. The molecule has 0 atom stereocenters. The topological polar surface area (TPSA) is 105 Å². The maximum atomic E-state index is 11.0. The highest BCUT2D eigenvalue weighted by atomic mass is 32.2. The second-order valence-electron chi connectivity index (χ2n) is 2.64. The second kappa shape index (κ2) is 8.39. The average molecular weight is 239 g/mol. The fourth-order valence-electron chi connectivity index (χ4n) is 0.682. The first-order chi connectivity index (χ1) is 6.52. The smallest absolute Gasteiger partial charge is 0.344 e. The molecule has 7 heteroatoms. The van der Waals surface area contributed by atoms with E-state index in [2.05, 4.69) is 15.8 Å². The molecule has 0 unspecified atom stereocenters. The van der Waals surface area contributed by atoms with Crippen molar-refractivity contribution < 1.29 is 22.4 Å². The van der Waals surface area contributed by atoms with Crippen LogP contribution < -0.4 is 6.15 Å². The first-order valence-electron chi connectivity index (χ1n) is 4.27. The average Bonchev–Trinajstić information content (AvgIpc) is 2.14. The highest BCUT2D eigenvalue weighted by molar-refractivity contribution is 7.86. The normalized spacial score (nSPS) is 10.2. The van der Waals surface area contributed by atoms with Gasteiger partial charge < -0.3 is 6.15 Å². The molecule has 0 spiro atoms. The first kappa shape index (κ1) is 16.5. The Bertz CT molecular complexity index is 285. The predicted molar refractivity (Wildman–Crippen MR) is 55.7 cm³/mol. The zero-order chi connectivity index (χ0) is 11.0. The lowest BCUT2D eigenvalue weighted by Gasteiger charge is -2.01. The molecular weight excluding hydrogens is 222 g/mol. The van der Waals surface area contributed by atoms with E-state index in [0.29, 0.717) is 6.42 Å². The van der Waals surface area contributed by atoms with E-state index in [0.717, 1.165) is 18.9 Å². The van der Waals surface area contributed by atoms with E-state index >= 15 is 0 Å². The molecule has 3 N–H and O–H groups in total. The monoisotopic (exact) mass is 239 g/mol. The van der Waals surface area contributed by atoms with Gasteiger partial charge in [0.25, 0.3) is 0 Å². The van der Waals surface area contributed by atoms with Crippen molar-refractivity contribution in [1.82, 2.24) is 6.15 Å². The number of rotatable bonds is 7. The summed E-state index contributed by atoms with van der Waals surface area (Å²) in [4.78, 5) is 14.4. The molecule has 0 aliphatic heterocycles. The van der Waals surface area contributed by atoms with Gasteiger partial charge in [-0.05, 0) is 6.42 Å². The van der Waals surface area contributed by atoms with Gasteiger partial charge in [0.1, 0.15) is 0 Å². The molecule has 0 fully saturated rings. The van der Waals surface area contributed by atoms with Crippen LogP contribution in [0.15, 0.2) is 12.7 Å². The molecule has 0 amide bonds. The number of hydrogen-bond acceptors (Lipinski definition) is 6. The molecule has 6 nitrogen and oxygen atoms in total. The zero-order valence-corrected chi connectivity index (χ0v) is 9.59. The minimum Gasteiger partial charge on any atom is -0.344 e.